The van der Waals surface area contributed by atoms with Gasteiger partial charge in [-0.2, -0.15) is 0 Å². The number of fused-ring (bicyclic) bond motifs is 6. The molecule has 0 saturated heterocycles. The highest BCUT2D eigenvalue weighted by atomic mass is 14.8. The van der Waals surface area contributed by atoms with Crippen LogP contribution in [0.25, 0.3) is 71.4 Å². The Bertz CT molecular complexity index is 2990. The van der Waals surface area contributed by atoms with E-state index in [1.165, 1.54) is 54.9 Å². The molecule has 270 valence electrons. The predicted octanol–water partition coefficient (Wildman–Crippen LogP) is 12.8. The van der Waals surface area contributed by atoms with Gasteiger partial charge in [-0.25, -0.2) is 9.97 Å². The van der Waals surface area contributed by atoms with Crippen LogP contribution in [0.5, 0.6) is 0 Å². The number of para-hydroxylation sites is 2. The van der Waals surface area contributed by atoms with Crippen molar-refractivity contribution in [2.24, 2.45) is 10.9 Å². The van der Waals surface area contributed by atoms with Crippen LogP contribution < -0.4 is 0 Å². The molecule has 5 aromatic carbocycles. The van der Waals surface area contributed by atoms with Gasteiger partial charge in [0.2, 0.25) is 0 Å². The number of aryl methyl sites for hydroxylation is 2. The van der Waals surface area contributed by atoms with E-state index < -0.39 is 0 Å². The molecule has 0 fully saturated rings. The average molecular weight is 723 g/mol. The van der Waals surface area contributed by atoms with Gasteiger partial charge in [0.15, 0.2) is 0 Å². The monoisotopic (exact) mass is 722 g/mol. The van der Waals surface area contributed by atoms with Crippen LogP contribution in [0.2, 0.25) is 0 Å². The largest absolute Gasteiger partial charge is 0.289 e. The Morgan fingerprint density at radius 3 is 1.93 bits per heavy atom. The molecule has 0 radical (unpaired) electrons. The minimum atomic E-state index is -0.232. The lowest BCUT2D eigenvalue weighted by Gasteiger charge is -2.36. The van der Waals surface area contributed by atoms with E-state index in [1.807, 2.05) is 24.7 Å². The first-order valence-electron chi connectivity index (χ1n) is 19.6. The number of benzene rings is 5. The van der Waals surface area contributed by atoms with Crippen molar-refractivity contribution in [3.8, 4) is 22.5 Å². The maximum absolute atomic E-state index is 5.52. The first-order chi connectivity index (χ1) is 27.4. The Morgan fingerprint density at radius 1 is 0.643 bits per heavy atom. The molecular formula is C52H42N4. The minimum Gasteiger partial charge on any atom is -0.289 e. The number of aromatic nitrogens is 3. The number of hydrogen-bond donors (Lipinski definition) is 0. The van der Waals surface area contributed by atoms with Crippen LogP contribution in [-0.2, 0) is 5.41 Å². The fourth-order valence-corrected chi connectivity index (χ4v) is 9.46. The summed E-state index contributed by atoms with van der Waals surface area (Å²) in [7, 11) is 0. The molecular weight excluding hydrogens is 681 g/mol. The number of hydrogen-bond acceptors (Lipinski definition) is 4. The normalized spacial score (nSPS) is 19.5. The smallest absolute Gasteiger partial charge is 0.0791 e. The molecule has 3 aromatic heterocycles. The predicted molar refractivity (Wildman–Crippen MR) is 235 cm³/mol. The van der Waals surface area contributed by atoms with Crippen molar-refractivity contribution >= 4 is 55.1 Å². The lowest BCUT2D eigenvalue weighted by Crippen LogP contribution is -2.28. The minimum absolute atomic E-state index is 0.179. The van der Waals surface area contributed by atoms with Gasteiger partial charge in [0.05, 0.1) is 28.5 Å². The molecule has 56 heavy (non-hydrogen) atoms. The van der Waals surface area contributed by atoms with Crippen LogP contribution >= 0.6 is 0 Å². The highest BCUT2D eigenvalue weighted by Crippen LogP contribution is 2.47. The van der Waals surface area contributed by atoms with Crippen molar-refractivity contribution < 1.29 is 0 Å². The molecule has 0 N–H and O–H groups in total. The summed E-state index contributed by atoms with van der Waals surface area (Å²) in [6, 6.07) is 41.3. The van der Waals surface area contributed by atoms with Gasteiger partial charge in [-0.1, -0.05) is 122 Å². The number of pyridine rings is 3. The molecule has 1 aliphatic heterocycles. The standard InChI is InChI=1S/C52H42N4/c1-32-47-43-21-9-11-24-45(43)56-51(49(47)33(2)46-42-20-8-10-23-44(42)55-50(48(32)46)35-15-6-5-7-16-35)37-18-12-17-36(27-37)38-28-39(41-22-14-26-54-34(41)3)30-52(4,29-38)40-19-13-25-53-31-40/h5-29,31,34,41H,30H2,1-4H3. The van der Waals surface area contributed by atoms with Crippen LogP contribution in [-0.4, -0.2) is 27.2 Å². The van der Waals surface area contributed by atoms with Gasteiger partial charge in [0.25, 0.3) is 0 Å². The van der Waals surface area contributed by atoms with Crippen LogP contribution in [0.3, 0.4) is 0 Å². The molecule has 0 bridgehead atoms. The van der Waals surface area contributed by atoms with E-state index in [1.54, 1.807) is 0 Å². The van der Waals surface area contributed by atoms with Crippen molar-refractivity contribution in [1.29, 1.82) is 0 Å². The Labute approximate surface area is 327 Å². The summed E-state index contributed by atoms with van der Waals surface area (Å²) in [5.74, 6) is 0.234. The molecule has 10 rings (SSSR count). The third-order valence-electron chi connectivity index (χ3n) is 12.2. The second kappa shape index (κ2) is 13.3. The van der Waals surface area contributed by atoms with Crippen LogP contribution in [0, 0.1) is 19.8 Å². The van der Waals surface area contributed by atoms with E-state index in [0.29, 0.717) is 0 Å². The van der Waals surface area contributed by atoms with Crippen LogP contribution in [0.1, 0.15) is 42.5 Å². The third-order valence-corrected chi connectivity index (χ3v) is 12.2. The van der Waals surface area contributed by atoms with Crippen molar-refractivity contribution in [2.45, 2.75) is 45.6 Å². The first kappa shape index (κ1) is 34.0. The fraction of sp³-hybridized carbons (Fsp3) is 0.154. The van der Waals surface area contributed by atoms with Gasteiger partial charge in [-0.05, 0) is 96.1 Å². The molecule has 1 aliphatic carbocycles. The Hall–Kier alpha value is -6.52. The molecule has 3 atom stereocenters. The maximum Gasteiger partial charge on any atom is 0.0791 e. The fourth-order valence-electron chi connectivity index (χ4n) is 9.46. The highest BCUT2D eigenvalue weighted by Gasteiger charge is 2.34. The molecule has 3 unspecified atom stereocenters. The summed E-state index contributed by atoms with van der Waals surface area (Å²) in [5.41, 5.74) is 13.4. The number of allylic oxidation sites excluding steroid dienone is 4. The van der Waals surface area contributed by atoms with Crippen molar-refractivity contribution in [3.63, 3.8) is 0 Å². The van der Waals surface area contributed by atoms with E-state index in [2.05, 4.69) is 166 Å². The molecule has 0 saturated carbocycles. The van der Waals surface area contributed by atoms with E-state index in [0.717, 1.165) is 50.7 Å². The zero-order valence-electron chi connectivity index (χ0n) is 32.2. The summed E-state index contributed by atoms with van der Waals surface area (Å²) in [4.78, 5) is 20.2. The van der Waals surface area contributed by atoms with Gasteiger partial charge in [0.1, 0.15) is 0 Å². The van der Waals surface area contributed by atoms with E-state index >= 15 is 0 Å². The molecule has 4 nitrogen and oxygen atoms in total. The van der Waals surface area contributed by atoms with Gasteiger partial charge < -0.3 is 0 Å². The number of aliphatic imine (C=N–C) groups is 1. The van der Waals surface area contributed by atoms with E-state index in [-0.39, 0.29) is 17.4 Å². The summed E-state index contributed by atoms with van der Waals surface area (Å²) >= 11 is 0. The molecule has 0 spiro atoms. The van der Waals surface area contributed by atoms with Crippen molar-refractivity contribution in [1.82, 2.24) is 15.0 Å². The summed E-state index contributed by atoms with van der Waals surface area (Å²) in [6.07, 6.45) is 16.0. The Morgan fingerprint density at radius 2 is 1.27 bits per heavy atom. The summed E-state index contributed by atoms with van der Waals surface area (Å²) in [5, 5.41) is 7.18. The molecule has 2 aliphatic rings. The topological polar surface area (TPSA) is 51.0 Å². The highest BCUT2D eigenvalue weighted by molar-refractivity contribution is 6.25. The van der Waals surface area contributed by atoms with E-state index in [4.69, 9.17) is 15.0 Å². The molecule has 8 aromatic rings. The summed E-state index contributed by atoms with van der Waals surface area (Å²) < 4.78 is 0. The zero-order chi connectivity index (χ0) is 38.0. The van der Waals surface area contributed by atoms with Gasteiger partial charge >= 0.3 is 0 Å². The number of rotatable bonds is 5. The van der Waals surface area contributed by atoms with Crippen LogP contribution in [0.15, 0.2) is 163 Å². The van der Waals surface area contributed by atoms with Crippen molar-refractivity contribution in [2.75, 3.05) is 0 Å². The van der Waals surface area contributed by atoms with E-state index in [9.17, 15) is 0 Å². The van der Waals surface area contributed by atoms with Crippen LogP contribution in [0.4, 0.5) is 0 Å². The van der Waals surface area contributed by atoms with Gasteiger partial charge in [0, 0.05) is 62.6 Å². The molecule has 4 heterocycles. The summed E-state index contributed by atoms with van der Waals surface area (Å²) in [6.45, 7) is 9.13. The second-order valence-corrected chi connectivity index (χ2v) is 15.8. The second-order valence-electron chi connectivity index (χ2n) is 15.8. The quantitative estimate of drug-likeness (QED) is 0.131. The van der Waals surface area contributed by atoms with Gasteiger partial charge in [-0.15, -0.1) is 0 Å². The maximum atomic E-state index is 5.52. The lowest BCUT2D eigenvalue weighted by atomic mass is 9.69. The first-order valence-corrected chi connectivity index (χ1v) is 19.6. The SMILES string of the molecule is Cc1c2c(-c3cccc(C4=CC(C)(c5cccnc5)CC(C5C=CC=NC5C)=C4)c3)nc3ccccc3c2c(C)c2c(-c3ccccc3)nc3ccccc3c12. The van der Waals surface area contributed by atoms with Gasteiger partial charge in [-0.3, -0.25) is 9.98 Å². The molecule has 0 amide bonds. The average Bonchev–Trinajstić information content (AvgIpc) is 3.25. The number of dihydropyridines is 1. The molecule has 4 heteroatoms. The number of nitrogens with zero attached hydrogens (tertiary/aromatic N) is 4. The zero-order valence-corrected chi connectivity index (χ0v) is 32.2. The lowest BCUT2D eigenvalue weighted by molar-refractivity contribution is 0.510. The Balaban J connectivity index is 1.24. The third kappa shape index (κ3) is 5.51. The Kier molecular flexibility index (Phi) is 8.11. The van der Waals surface area contributed by atoms with Crippen molar-refractivity contribution in [3.05, 3.63) is 180 Å².